The third kappa shape index (κ3) is 1.39. The minimum absolute atomic E-state index is 0.382. The molecule has 0 aromatic carbocycles. The van der Waals surface area contributed by atoms with E-state index < -0.39 is 0 Å². The van der Waals surface area contributed by atoms with Gasteiger partial charge in [0.15, 0.2) is 0 Å². The molecule has 0 N–H and O–H groups in total. The first-order chi connectivity index (χ1) is 5.25. The quantitative estimate of drug-likeness (QED) is 0.358. The Kier molecular flexibility index (Phi) is 1.94. The van der Waals surface area contributed by atoms with Crippen LogP contribution in [0, 0.1) is 0 Å². The third-order valence-corrected chi connectivity index (χ3v) is 1.28. The maximum absolute atomic E-state index is 8.09. The molecule has 0 aliphatic carbocycles. The van der Waals surface area contributed by atoms with Gasteiger partial charge in [0.25, 0.3) is 0 Å². The first kappa shape index (κ1) is 7.37. The van der Waals surface area contributed by atoms with Gasteiger partial charge in [-0.05, 0) is 5.53 Å². The van der Waals surface area contributed by atoms with Crippen LogP contribution in [0.15, 0.2) is 24.2 Å². The molecule has 0 spiro atoms. The smallest absolute Gasteiger partial charge is 0.0948 e. The lowest BCUT2D eigenvalue weighted by molar-refractivity contribution is 0.895. The zero-order valence-corrected chi connectivity index (χ0v) is 6.10. The summed E-state index contributed by atoms with van der Waals surface area (Å²) in [5, 5.41) is 3.35. The van der Waals surface area contributed by atoms with Crippen molar-refractivity contribution in [3.05, 3.63) is 35.2 Å². The molecule has 5 heteroatoms. The van der Waals surface area contributed by atoms with Gasteiger partial charge in [-0.3, -0.25) is 0 Å². The molecule has 0 saturated carbocycles. The van der Waals surface area contributed by atoms with E-state index in [9.17, 15) is 0 Å². The Morgan fingerprint density at radius 2 is 2.64 bits per heavy atom. The van der Waals surface area contributed by atoms with Crippen LogP contribution in [0.25, 0.3) is 16.1 Å². The van der Waals surface area contributed by atoms with Crippen molar-refractivity contribution in [2.45, 2.75) is 0 Å². The molecule has 11 heavy (non-hydrogen) atoms. The molecular formula is C6H7N5. The normalized spacial score (nSPS) is 8.82. The second kappa shape index (κ2) is 2.90. The molecule has 0 radical (unpaired) electrons. The summed E-state index contributed by atoms with van der Waals surface area (Å²) in [6, 6.07) is 0. The molecule has 56 valence electrons. The summed E-state index contributed by atoms with van der Waals surface area (Å²) in [6.07, 6.45) is 3.21. The first-order valence-electron chi connectivity index (χ1n) is 2.96. The van der Waals surface area contributed by atoms with Gasteiger partial charge in [-0.15, -0.1) is 0 Å². The molecule has 1 aromatic heterocycles. The van der Waals surface area contributed by atoms with Crippen molar-refractivity contribution >= 4 is 5.70 Å². The average molecular weight is 149 g/mol. The molecule has 0 bridgehead atoms. The van der Waals surface area contributed by atoms with Crippen LogP contribution in [-0.4, -0.2) is 9.55 Å². The molecule has 0 amide bonds. The van der Waals surface area contributed by atoms with Gasteiger partial charge in [0.2, 0.25) is 0 Å². The van der Waals surface area contributed by atoms with Crippen LogP contribution in [0.2, 0.25) is 0 Å². The second-order valence-electron chi connectivity index (χ2n) is 2.03. The SMILES string of the molecule is C=C(N=[N+]=[N-])c1cncn1C. The van der Waals surface area contributed by atoms with Gasteiger partial charge in [0.1, 0.15) is 0 Å². The molecule has 0 fully saturated rings. The van der Waals surface area contributed by atoms with Gasteiger partial charge < -0.3 is 4.57 Å². The third-order valence-electron chi connectivity index (χ3n) is 1.28. The molecule has 1 heterocycles. The highest BCUT2D eigenvalue weighted by Gasteiger charge is 1.99. The van der Waals surface area contributed by atoms with Crippen LogP contribution in [0.3, 0.4) is 0 Å². The van der Waals surface area contributed by atoms with E-state index in [2.05, 4.69) is 21.6 Å². The predicted molar refractivity (Wildman–Crippen MR) is 41.4 cm³/mol. The lowest BCUT2D eigenvalue weighted by Gasteiger charge is -1.97. The Balaban J connectivity index is 3.02. The minimum Gasteiger partial charge on any atom is -0.334 e. The lowest BCUT2D eigenvalue weighted by atomic mass is 10.4. The Hall–Kier alpha value is -1.74. The summed E-state index contributed by atoms with van der Waals surface area (Å²) in [5.74, 6) is 0. The first-order valence-corrected chi connectivity index (χ1v) is 2.96. The maximum Gasteiger partial charge on any atom is 0.0948 e. The van der Waals surface area contributed by atoms with Gasteiger partial charge >= 0.3 is 0 Å². The molecule has 5 nitrogen and oxygen atoms in total. The van der Waals surface area contributed by atoms with E-state index in [1.807, 2.05) is 0 Å². The van der Waals surface area contributed by atoms with E-state index in [0.717, 1.165) is 5.69 Å². The number of hydrogen-bond acceptors (Lipinski definition) is 2. The summed E-state index contributed by atoms with van der Waals surface area (Å²) in [4.78, 5) is 6.46. The Morgan fingerprint density at radius 1 is 1.91 bits per heavy atom. The zero-order valence-electron chi connectivity index (χ0n) is 6.10. The Labute approximate surface area is 63.6 Å². The Bertz CT molecular complexity index is 317. The molecular weight excluding hydrogens is 142 g/mol. The zero-order chi connectivity index (χ0) is 8.27. The average Bonchev–Trinajstić information content (AvgIpc) is 2.36. The van der Waals surface area contributed by atoms with Crippen molar-refractivity contribution in [2.24, 2.45) is 12.2 Å². The summed E-state index contributed by atoms with van der Waals surface area (Å²) >= 11 is 0. The van der Waals surface area contributed by atoms with E-state index in [1.165, 1.54) is 0 Å². The molecule has 0 atom stereocenters. The fraction of sp³-hybridized carbons (Fsp3) is 0.167. The summed E-state index contributed by atoms with van der Waals surface area (Å²) < 4.78 is 1.73. The summed E-state index contributed by atoms with van der Waals surface area (Å²) in [7, 11) is 1.81. The van der Waals surface area contributed by atoms with Crippen molar-refractivity contribution in [1.82, 2.24) is 9.55 Å². The van der Waals surface area contributed by atoms with Crippen LogP contribution < -0.4 is 0 Å². The van der Waals surface area contributed by atoms with Gasteiger partial charge in [-0.2, -0.15) is 0 Å². The molecule has 0 saturated heterocycles. The summed E-state index contributed by atoms with van der Waals surface area (Å²) in [5.41, 5.74) is 9.20. The van der Waals surface area contributed by atoms with Crippen LogP contribution >= 0.6 is 0 Å². The summed E-state index contributed by atoms with van der Waals surface area (Å²) in [6.45, 7) is 3.57. The Morgan fingerprint density at radius 3 is 3.09 bits per heavy atom. The van der Waals surface area contributed by atoms with Gasteiger partial charge in [-0.1, -0.05) is 11.7 Å². The molecule has 1 rings (SSSR count). The van der Waals surface area contributed by atoms with Crippen molar-refractivity contribution in [3.8, 4) is 0 Å². The van der Waals surface area contributed by atoms with Crippen molar-refractivity contribution < 1.29 is 0 Å². The number of hydrogen-bond donors (Lipinski definition) is 0. The van der Waals surface area contributed by atoms with Crippen molar-refractivity contribution in [3.63, 3.8) is 0 Å². The molecule has 0 aliphatic heterocycles. The van der Waals surface area contributed by atoms with E-state index in [1.54, 1.807) is 24.1 Å². The van der Waals surface area contributed by atoms with Crippen LogP contribution in [0.5, 0.6) is 0 Å². The highest BCUT2D eigenvalue weighted by molar-refractivity contribution is 5.58. The predicted octanol–water partition coefficient (Wildman–Crippen LogP) is 1.70. The highest BCUT2D eigenvalue weighted by Crippen LogP contribution is 2.10. The van der Waals surface area contributed by atoms with Crippen LogP contribution in [0.1, 0.15) is 5.69 Å². The number of azide groups is 1. The van der Waals surface area contributed by atoms with Crippen LogP contribution in [0.4, 0.5) is 0 Å². The largest absolute Gasteiger partial charge is 0.334 e. The molecule has 1 aromatic rings. The van der Waals surface area contributed by atoms with E-state index in [-0.39, 0.29) is 0 Å². The van der Waals surface area contributed by atoms with Gasteiger partial charge in [0.05, 0.1) is 23.9 Å². The van der Waals surface area contributed by atoms with Crippen molar-refractivity contribution in [1.29, 1.82) is 0 Å². The standard InChI is InChI=1S/C6H7N5/c1-5(9-10-7)6-3-8-4-11(6)2/h3-4H,1H2,2H3. The minimum atomic E-state index is 0.382. The number of aryl methyl sites for hydroxylation is 1. The molecule has 0 unspecified atom stereocenters. The maximum atomic E-state index is 8.09. The monoisotopic (exact) mass is 149 g/mol. The number of rotatable bonds is 2. The lowest BCUT2D eigenvalue weighted by Crippen LogP contribution is -1.90. The van der Waals surface area contributed by atoms with E-state index in [0.29, 0.717) is 5.70 Å². The van der Waals surface area contributed by atoms with E-state index >= 15 is 0 Å². The fourth-order valence-corrected chi connectivity index (χ4v) is 0.740. The topological polar surface area (TPSA) is 66.6 Å². The van der Waals surface area contributed by atoms with Gasteiger partial charge in [-0.25, -0.2) is 4.98 Å². The molecule has 0 aliphatic rings. The number of nitrogens with zero attached hydrogens (tertiary/aromatic N) is 5. The second-order valence-corrected chi connectivity index (χ2v) is 2.03. The number of imidazole rings is 1. The van der Waals surface area contributed by atoms with Crippen LogP contribution in [-0.2, 0) is 7.05 Å². The van der Waals surface area contributed by atoms with Crippen molar-refractivity contribution in [2.75, 3.05) is 0 Å². The number of aromatic nitrogens is 2. The highest BCUT2D eigenvalue weighted by atomic mass is 15.2. The van der Waals surface area contributed by atoms with Gasteiger partial charge in [0, 0.05) is 12.0 Å². The van der Waals surface area contributed by atoms with E-state index in [4.69, 9.17) is 5.53 Å². The fourth-order valence-electron chi connectivity index (χ4n) is 0.740.